The molecule has 0 spiro atoms. The number of carbonyl (C=O) groups is 2. The van der Waals surface area contributed by atoms with Gasteiger partial charge in [0.15, 0.2) is 11.5 Å². The molecule has 3 heterocycles. The summed E-state index contributed by atoms with van der Waals surface area (Å²) in [5, 5.41) is 3.14. The largest absolute Gasteiger partial charge is 0.493 e. The number of hydrogen-bond acceptors (Lipinski definition) is 9. The molecule has 4 bridgehead atoms. The van der Waals surface area contributed by atoms with Crippen molar-refractivity contribution in [2.75, 3.05) is 45.3 Å². The van der Waals surface area contributed by atoms with Crippen molar-refractivity contribution in [2.24, 2.45) is 0 Å². The maximum absolute atomic E-state index is 13.5. The average Bonchev–Trinajstić information content (AvgIpc) is 2.99. The van der Waals surface area contributed by atoms with Crippen molar-refractivity contribution in [2.45, 2.75) is 38.5 Å². The molecule has 11 nitrogen and oxygen atoms in total. The first-order chi connectivity index (χ1) is 20.0. The van der Waals surface area contributed by atoms with E-state index in [4.69, 9.17) is 18.9 Å². The molecule has 2 aliphatic heterocycles. The van der Waals surface area contributed by atoms with Gasteiger partial charge in [0, 0.05) is 37.5 Å². The second-order valence-electron chi connectivity index (χ2n) is 10.00. The Labute approximate surface area is 239 Å². The van der Waals surface area contributed by atoms with Crippen molar-refractivity contribution < 1.29 is 28.5 Å². The number of hydrogen-bond donors (Lipinski definition) is 1. The summed E-state index contributed by atoms with van der Waals surface area (Å²) in [6.45, 7) is 3.72. The lowest BCUT2D eigenvalue weighted by molar-refractivity contribution is -0.124. The van der Waals surface area contributed by atoms with Gasteiger partial charge in [0.25, 0.3) is 5.91 Å². The van der Waals surface area contributed by atoms with Crippen LogP contribution in [0.2, 0.25) is 0 Å². The molecule has 41 heavy (non-hydrogen) atoms. The fourth-order valence-corrected chi connectivity index (χ4v) is 5.08. The third-order valence-corrected chi connectivity index (χ3v) is 7.13. The van der Waals surface area contributed by atoms with Crippen LogP contribution in [-0.2, 0) is 16.1 Å². The summed E-state index contributed by atoms with van der Waals surface area (Å²) in [5.74, 6) is 2.01. The van der Waals surface area contributed by atoms with E-state index in [0.717, 1.165) is 5.56 Å². The quantitative estimate of drug-likeness (QED) is 0.500. The fraction of sp³-hybridized carbons (Fsp3) is 0.400. The number of nitrogens with one attached hydrogen (secondary N) is 1. The van der Waals surface area contributed by atoms with E-state index in [9.17, 15) is 9.59 Å². The number of piperidine rings is 1. The third kappa shape index (κ3) is 6.68. The number of nitrogens with zero attached hydrogens (tertiary/aromatic N) is 4. The smallest absolute Gasteiger partial charge is 0.254 e. The molecule has 1 aromatic heterocycles. The Morgan fingerprint density at radius 1 is 1.10 bits per heavy atom. The Balaban J connectivity index is 1.46. The number of carbonyl (C=O) groups excluding carboxylic acids is 2. The Bertz CT molecular complexity index is 1380. The van der Waals surface area contributed by atoms with Gasteiger partial charge in [0.05, 0.1) is 39.5 Å². The van der Waals surface area contributed by atoms with Crippen molar-refractivity contribution in [1.29, 1.82) is 0 Å². The molecule has 2 aliphatic rings. The molecule has 0 unspecified atom stereocenters. The summed E-state index contributed by atoms with van der Waals surface area (Å²) in [4.78, 5) is 39.3. The number of fused-ring (bicyclic) bond motifs is 5. The minimum absolute atomic E-state index is 0.0696. The first kappa shape index (κ1) is 28.2. The topological polar surface area (TPSA) is 115 Å². The van der Waals surface area contributed by atoms with Gasteiger partial charge in [-0.1, -0.05) is 19.1 Å². The summed E-state index contributed by atoms with van der Waals surface area (Å²) >= 11 is 0. The summed E-state index contributed by atoms with van der Waals surface area (Å²) in [7, 11) is 3.12. The molecule has 2 atom stereocenters. The minimum Gasteiger partial charge on any atom is -0.493 e. The standard InChI is InChI=1S/C30H35N5O6/c1-4-13-34-18-27(36)32-23-11-14-35(30-31-12-10-28(33-30)39-3)17-26(23)40-19-20-6-5-7-22(15-20)41-25-16-21(29(34)37)8-9-24(25)38-2/h5-10,12,15-16,23,26H,4,11,13-14,17-19H2,1-3H3,(H,32,36)/t23-,26-/m0/s1. The molecule has 11 heteroatoms. The van der Waals surface area contributed by atoms with Crippen molar-refractivity contribution in [3.63, 3.8) is 0 Å². The molecule has 1 fully saturated rings. The highest BCUT2D eigenvalue weighted by Gasteiger charge is 2.33. The molecule has 2 amide bonds. The Hall–Kier alpha value is -4.38. The second kappa shape index (κ2) is 12.9. The minimum atomic E-state index is -0.358. The van der Waals surface area contributed by atoms with E-state index >= 15 is 0 Å². The van der Waals surface area contributed by atoms with Gasteiger partial charge < -0.3 is 34.1 Å². The van der Waals surface area contributed by atoms with Gasteiger partial charge in [0.1, 0.15) is 5.75 Å². The molecule has 3 aromatic rings. The van der Waals surface area contributed by atoms with Gasteiger partial charge in [-0.15, -0.1) is 0 Å². The van der Waals surface area contributed by atoms with E-state index < -0.39 is 0 Å². The summed E-state index contributed by atoms with van der Waals surface area (Å²) in [5.41, 5.74) is 1.31. The number of aromatic nitrogens is 2. The van der Waals surface area contributed by atoms with Gasteiger partial charge in [0.2, 0.25) is 17.7 Å². The van der Waals surface area contributed by atoms with Crippen LogP contribution in [0.15, 0.2) is 54.7 Å². The SMILES string of the molecule is CCCN1CC(=O)N[C@H]2CCN(c3nccc(OC)n3)C[C@@H]2OCc2cccc(c2)Oc2cc(ccc2OC)C1=O. The van der Waals surface area contributed by atoms with Crippen LogP contribution in [0.3, 0.4) is 0 Å². The predicted molar refractivity (Wildman–Crippen MR) is 152 cm³/mol. The molecule has 0 radical (unpaired) electrons. The monoisotopic (exact) mass is 561 g/mol. The highest BCUT2D eigenvalue weighted by Crippen LogP contribution is 2.33. The molecule has 1 N–H and O–H groups in total. The highest BCUT2D eigenvalue weighted by molar-refractivity contribution is 5.97. The van der Waals surface area contributed by atoms with Gasteiger partial charge >= 0.3 is 0 Å². The van der Waals surface area contributed by atoms with E-state index in [1.54, 1.807) is 49.6 Å². The lowest BCUT2D eigenvalue weighted by Crippen LogP contribution is -2.57. The van der Waals surface area contributed by atoms with Crippen LogP contribution in [0.1, 0.15) is 35.7 Å². The first-order valence-corrected chi connectivity index (χ1v) is 13.7. The van der Waals surface area contributed by atoms with Crippen LogP contribution in [0.4, 0.5) is 5.95 Å². The molecule has 216 valence electrons. The molecule has 0 saturated carbocycles. The van der Waals surface area contributed by atoms with Gasteiger partial charge in [-0.05, 0) is 48.7 Å². The lowest BCUT2D eigenvalue weighted by Gasteiger charge is -2.39. The Morgan fingerprint density at radius 3 is 2.78 bits per heavy atom. The van der Waals surface area contributed by atoms with Crippen LogP contribution < -0.4 is 24.4 Å². The van der Waals surface area contributed by atoms with E-state index in [1.165, 1.54) is 0 Å². The molecule has 0 aliphatic carbocycles. The van der Waals surface area contributed by atoms with Gasteiger partial charge in [-0.2, -0.15) is 4.98 Å². The Morgan fingerprint density at radius 2 is 1.98 bits per heavy atom. The molecule has 1 saturated heterocycles. The van der Waals surface area contributed by atoms with E-state index in [0.29, 0.717) is 73.7 Å². The van der Waals surface area contributed by atoms with Crippen LogP contribution in [0.5, 0.6) is 23.1 Å². The third-order valence-electron chi connectivity index (χ3n) is 7.13. The van der Waals surface area contributed by atoms with E-state index in [2.05, 4.69) is 15.3 Å². The predicted octanol–water partition coefficient (Wildman–Crippen LogP) is 3.43. The van der Waals surface area contributed by atoms with E-state index in [1.807, 2.05) is 36.1 Å². The Kier molecular flexibility index (Phi) is 8.83. The summed E-state index contributed by atoms with van der Waals surface area (Å²) < 4.78 is 23.4. The fourth-order valence-electron chi connectivity index (χ4n) is 5.08. The molecule has 2 aromatic carbocycles. The maximum atomic E-state index is 13.5. The van der Waals surface area contributed by atoms with Gasteiger partial charge in [-0.3, -0.25) is 9.59 Å². The van der Waals surface area contributed by atoms with Crippen molar-refractivity contribution >= 4 is 17.8 Å². The molecular weight excluding hydrogens is 526 g/mol. The first-order valence-electron chi connectivity index (χ1n) is 13.7. The van der Waals surface area contributed by atoms with Crippen LogP contribution >= 0.6 is 0 Å². The van der Waals surface area contributed by atoms with Crippen LogP contribution in [-0.4, -0.2) is 79.2 Å². The molecule has 5 rings (SSSR count). The lowest BCUT2D eigenvalue weighted by atomic mass is 10.0. The zero-order valence-electron chi connectivity index (χ0n) is 23.5. The number of anilines is 1. The average molecular weight is 562 g/mol. The van der Waals surface area contributed by atoms with Crippen molar-refractivity contribution in [3.8, 4) is 23.1 Å². The number of rotatable bonds is 5. The second-order valence-corrected chi connectivity index (χ2v) is 10.00. The highest BCUT2D eigenvalue weighted by atomic mass is 16.5. The number of ether oxygens (including phenoxy) is 4. The van der Waals surface area contributed by atoms with E-state index in [-0.39, 0.29) is 30.5 Å². The number of methoxy groups -OCH3 is 2. The maximum Gasteiger partial charge on any atom is 0.254 e. The number of amides is 2. The summed E-state index contributed by atoms with van der Waals surface area (Å²) in [6.07, 6.45) is 2.62. The van der Waals surface area contributed by atoms with Crippen LogP contribution in [0, 0.1) is 0 Å². The zero-order chi connectivity index (χ0) is 28.8. The normalized spacial score (nSPS) is 19.6. The van der Waals surface area contributed by atoms with Crippen molar-refractivity contribution in [3.05, 3.63) is 65.9 Å². The number of benzene rings is 2. The molecular formula is C30H35N5O6. The zero-order valence-corrected chi connectivity index (χ0v) is 23.5. The van der Waals surface area contributed by atoms with Crippen LogP contribution in [0.25, 0.3) is 0 Å². The van der Waals surface area contributed by atoms with Gasteiger partial charge in [-0.25, -0.2) is 4.98 Å². The summed E-state index contributed by atoms with van der Waals surface area (Å²) in [6, 6.07) is 14.1. The van der Waals surface area contributed by atoms with Crippen molar-refractivity contribution in [1.82, 2.24) is 20.2 Å².